The molecule has 4 heteroatoms. The van der Waals surface area contributed by atoms with Gasteiger partial charge in [0.05, 0.1) is 0 Å². The van der Waals surface area contributed by atoms with Crippen molar-refractivity contribution in [1.29, 1.82) is 0 Å². The van der Waals surface area contributed by atoms with E-state index in [1.165, 1.54) is 18.4 Å². The maximum absolute atomic E-state index is 8.56. The highest BCUT2D eigenvalue weighted by Gasteiger charge is 2.21. The van der Waals surface area contributed by atoms with E-state index in [1.807, 2.05) is 12.1 Å². The van der Waals surface area contributed by atoms with Crippen molar-refractivity contribution in [2.24, 2.45) is 5.92 Å². The van der Waals surface area contributed by atoms with E-state index in [0.717, 1.165) is 12.3 Å². The van der Waals surface area contributed by atoms with Crippen LogP contribution in [0.25, 0.3) is 0 Å². The smallest absolute Gasteiger partial charge is 0.512 e. The highest BCUT2D eigenvalue weighted by Crippen LogP contribution is 2.32. The fraction of sp³-hybridized carbons (Fsp3) is 0.400. The summed E-state index contributed by atoms with van der Waals surface area (Å²) in [7, 11) is -1.73. The highest BCUT2D eigenvalue weighted by atomic mass is 16.6. The van der Waals surface area contributed by atoms with Crippen LogP contribution in [0.3, 0.4) is 0 Å². The van der Waals surface area contributed by atoms with Crippen molar-refractivity contribution in [2.75, 3.05) is 0 Å². The molecule has 0 amide bonds. The summed E-state index contributed by atoms with van der Waals surface area (Å²) in [6, 6.07) is 7.46. The van der Waals surface area contributed by atoms with Crippen molar-refractivity contribution in [3.63, 3.8) is 0 Å². The first-order chi connectivity index (χ1) is 6.74. The van der Waals surface area contributed by atoms with Gasteiger partial charge in [-0.15, -0.1) is 0 Å². The quantitative estimate of drug-likeness (QED) is 0.699. The minimum Gasteiger partial charge on any atom is -0.512 e. The van der Waals surface area contributed by atoms with Gasteiger partial charge in [-0.05, 0) is 42.9 Å². The zero-order valence-corrected chi connectivity index (χ0v) is 7.89. The molecule has 1 saturated carbocycles. The number of rotatable bonds is 4. The zero-order chi connectivity index (χ0) is 9.97. The van der Waals surface area contributed by atoms with Gasteiger partial charge in [0.2, 0.25) is 0 Å². The SMILES string of the molecule is OB(O)Oc1ccc(CC2CC2)cc1. The van der Waals surface area contributed by atoms with Gasteiger partial charge in [0.25, 0.3) is 0 Å². The number of benzene rings is 1. The average Bonchev–Trinajstić information content (AvgIpc) is 2.91. The molecule has 0 bridgehead atoms. The molecule has 0 aromatic heterocycles. The van der Waals surface area contributed by atoms with Crippen LogP contribution in [0.1, 0.15) is 18.4 Å². The summed E-state index contributed by atoms with van der Waals surface area (Å²) in [6.07, 6.45) is 3.81. The van der Waals surface area contributed by atoms with Crippen molar-refractivity contribution >= 4 is 7.32 Å². The van der Waals surface area contributed by atoms with Gasteiger partial charge in [-0.25, -0.2) is 0 Å². The van der Waals surface area contributed by atoms with E-state index in [2.05, 4.69) is 0 Å². The Morgan fingerprint density at radius 1 is 1.21 bits per heavy atom. The van der Waals surface area contributed by atoms with Crippen molar-refractivity contribution in [3.8, 4) is 5.75 Å². The van der Waals surface area contributed by atoms with E-state index < -0.39 is 7.32 Å². The van der Waals surface area contributed by atoms with Gasteiger partial charge in [0, 0.05) is 0 Å². The molecule has 74 valence electrons. The highest BCUT2D eigenvalue weighted by molar-refractivity contribution is 6.33. The van der Waals surface area contributed by atoms with Crippen LogP contribution in [-0.2, 0) is 6.42 Å². The van der Waals surface area contributed by atoms with Crippen LogP contribution in [-0.4, -0.2) is 17.4 Å². The second-order valence-electron chi connectivity index (χ2n) is 3.74. The number of hydrogen-bond acceptors (Lipinski definition) is 3. The third-order valence-corrected chi connectivity index (χ3v) is 2.39. The molecule has 1 aromatic rings. The average molecular weight is 192 g/mol. The van der Waals surface area contributed by atoms with E-state index in [4.69, 9.17) is 14.7 Å². The molecule has 1 fully saturated rings. The van der Waals surface area contributed by atoms with Gasteiger partial charge in [0.1, 0.15) is 5.75 Å². The summed E-state index contributed by atoms with van der Waals surface area (Å²) in [5, 5.41) is 17.1. The van der Waals surface area contributed by atoms with E-state index in [-0.39, 0.29) is 0 Å². The second-order valence-corrected chi connectivity index (χ2v) is 3.74. The molecule has 0 atom stereocenters. The molecule has 0 unspecified atom stereocenters. The van der Waals surface area contributed by atoms with Gasteiger partial charge < -0.3 is 14.7 Å². The molecule has 1 aliphatic carbocycles. The molecule has 3 nitrogen and oxygen atoms in total. The Kier molecular flexibility index (Phi) is 2.75. The summed E-state index contributed by atoms with van der Waals surface area (Å²) in [6.45, 7) is 0. The van der Waals surface area contributed by atoms with Crippen LogP contribution in [0.15, 0.2) is 24.3 Å². The third kappa shape index (κ3) is 2.75. The van der Waals surface area contributed by atoms with Crippen LogP contribution < -0.4 is 4.65 Å². The molecule has 14 heavy (non-hydrogen) atoms. The predicted octanol–water partition coefficient (Wildman–Crippen LogP) is 0.987. The Morgan fingerprint density at radius 3 is 2.36 bits per heavy atom. The fourth-order valence-corrected chi connectivity index (χ4v) is 1.48. The standard InChI is InChI=1S/C10H13BO3/c12-11(13)14-10-5-3-9(4-6-10)7-8-1-2-8/h3-6,8,12-13H,1-2,7H2. The first-order valence-electron chi connectivity index (χ1n) is 4.86. The van der Waals surface area contributed by atoms with Gasteiger partial charge in [-0.3, -0.25) is 0 Å². The maximum Gasteiger partial charge on any atom is 0.707 e. The van der Waals surface area contributed by atoms with Crippen LogP contribution in [0.5, 0.6) is 5.75 Å². The normalized spacial score (nSPS) is 15.3. The molecule has 0 spiro atoms. The third-order valence-electron chi connectivity index (χ3n) is 2.39. The first-order valence-corrected chi connectivity index (χ1v) is 4.86. The lowest BCUT2D eigenvalue weighted by Crippen LogP contribution is -2.20. The van der Waals surface area contributed by atoms with E-state index >= 15 is 0 Å². The lowest BCUT2D eigenvalue weighted by Gasteiger charge is -2.05. The zero-order valence-electron chi connectivity index (χ0n) is 7.89. The second kappa shape index (κ2) is 4.03. The van der Waals surface area contributed by atoms with Crippen LogP contribution in [0.4, 0.5) is 0 Å². The molecule has 0 heterocycles. The topological polar surface area (TPSA) is 49.7 Å². The Morgan fingerprint density at radius 2 is 1.86 bits per heavy atom. The molecular weight excluding hydrogens is 179 g/mol. The van der Waals surface area contributed by atoms with E-state index in [0.29, 0.717) is 5.75 Å². The summed E-state index contributed by atoms with van der Waals surface area (Å²) in [4.78, 5) is 0. The van der Waals surface area contributed by atoms with Gasteiger partial charge in [0.15, 0.2) is 0 Å². The molecule has 0 saturated heterocycles. The Bertz CT molecular complexity index is 270. The van der Waals surface area contributed by atoms with Crippen molar-refractivity contribution in [3.05, 3.63) is 29.8 Å². The molecule has 0 radical (unpaired) electrons. The summed E-state index contributed by atoms with van der Waals surface area (Å²) in [5.74, 6) is 1.35. The van der Waals surface area contributed by atoms with Crippen molar-refractivity contribution < 1.29 is 14.7 Å². The molecule has 1 aromatic carbocycles. The Labute approximate surface area is 83.5 Å². The van der Waals surface area contributed by atoms with Crippen molar-refractivity contribution in [2.45, 2.75) is 19.3 Å². The molecule has 0 aliphatic heterocycles. The van der Waals surface area contributed by atoms with E-state index in [1.54, 1.807) is 12.1 Å². The monoisotopic (exact) mass is 192 g/mol. The minimum absolute atomic E-state index is 0.486. The Hall–Kier alpha value is -0.995. The van der Waals surface area contributed by atoms with Crippen molar-refractivity contribution in [1.82, 2.24) is 0 Å². The minimum atomic E-state index is -1.73. The molecular formula is C10H13BO3. The lowest BCUT2D eigenvalue weighted by molar-refractivity contribution is 0.288. The van der Waals surface area contributed by atoms with Crippen LogP contribution >= 0.6 is 0 Å². The lowest BCUT2D eigenvalue weighted by atomic mass is 10.1. The largest absolute Gasteiger partial charge is 0.707 e. The van der Waals surface area contributed by atoms with Crippen LogP contribution in [0, 0.1) is 5.92 Å². The first kappa shape index (κ1) is 9.56. The summed E-state index contributed by atoms with van der Waals surface area (Å²) < 4.78 is 4.70. The van der Waals surface area contributed by atoms with Crippen LogP contribution in [0.2, 0.25) is 0 Å². The fourth-order valence-electron chi connectivity index (χ4n) is 1.48. The van der Waals surface area contributed by atoms with Gasteiger partial charge in [-0.1, -0.05) is 12.1 Å². The van der Waals surface area contributed by atoms with E-state index in [9.17, 15) is 0 Å². The number of hydrogen-bond donors (Lipinski definition) is 2. The summed E-state index contributed by atoms with van der Waals surface area (Å²) >= 11 is 0. The maximum atomic E-state index is 8.56. The predicted molar refractivity (Wildman–Crippen MR) is 53.7 cm³/mol. The van der Waals surface area contributed by atoms with Gasteiger partial charge >= 0.3 is 7.32 Å². The molecule has 1 aliphatic rings. The molecule has 2 N–H and O–H groups in total. The van der Waals surface area contributed by atoms with Gasteiger partial charge in [-0.2, -0.15) is 0 Å². The summed E-state index contributed by atoms with van der Waals surface area (Å²) in [5.41, 5.74) is 1.28. The Balaban J connectivity index is 1.94. The molecule has 2 rings (SSSR count).